The van der Waals surface area contributed by atoms with Crippen LogP contribution in [0.5, 0.6) is 0 Å². The summed E-state index contributed by atoms with van der Waals surface area (Å²) in [6.45, 7) is 4.12. The Labute approximate surface area is 95.6 Å². The Bertz CT molecular complexity index is 349. The Morgan fingerprint density at radius 1 is 1.47 bits per heavy atom. The van der Waals surface area contributed by atoms with E-state index in [1.807, 2.05) is 13.0 Å². The SMILES string of the molecule is CCCc1ccc(C)cc1NC(=O)CCl. The fourth-order valence-corrected chi connectivity index (χ4v) is 1.54. The molecule has 0 unspecified atom stereocenters. The van der Waals surface area contributed by atoms with Crippen LogP contribution in [0.2, 0.25) is 0 Å². The van der Waals surface area contributed by atoms with Crippen LogP contribution < -0.4 is 5.32 Å². The summed E-state index contributed by atoms with van der Waals surface area (Å²) in [7, 11) is 0. The summed E-state index contributed by atoms with van der Waals surface area (Å²) in [5.74, 6) is -0.154. The zero-order valence-electron chi connectivity index (χ0n) is 9.14. The Kier molecular flexibility index (Phi) is 4.63. The van der Waals surface area contributed by atoms with Gasteiger partial charge in [-0.1, -0.05) is 25.5 Å². The van der Waals surface area contributed by atoms with Gasteiger partial charge in [-0.15, -0.1) is 11.6 Å². The topological polar surface area (TPSA) is 29.1 Å². The molecule has 0 radical (unpaired) electrons. The zero-order chi connectivity index (χ0) is 11.3. The van der Waals surface area contributed by atoms with Crippen molar-refractivity contribution < 1.29 is 4.79 Å². The molecule has 0 bridgehead atoms. The minimum atomic E-state index is -0.153. The second-order valence-corrected chi connectivity index (χ2v) is 3.86. The average Bonchev–Trinajstić information content (AvgIpc) is 2.22. The predicted molar refractivity (Wildman–Crippen MR) is 64.5 cm³/mol. The van der Waals surface area contributed by atoms with Gasteiger partial charge in [-0.05, 0) is 30.5 Å². The summed E-state index contributed by atoms with van der Waals surface area (Å²) < 4.78 is 0. The maximum absolute atomic E-state index is 11.2. The standard InChI is InChI=1S/C12H16ClNO/c1-3-4-10-6-5-9(2)7-11(10)14-12(15)8-13/h5-7H,3-4,8H2,1-2H3,(H,14,15). The molecule has 2 nitrogen and oxygen atoms in total. The molecule has 0 fully saturated rings. The smallest absolute Gasteiger partial charge is 0.239 e. The molecule has 1 rings (SSSR count). The van der Waals surface area contributed by atoms with Gasteiger partial charge in [0.1, 0.15) is 5.88 Å². The molecule has 82 valence electrons. The second-order valence-electron chi connectivity index (χ2n) is 3.59. The summed E-state index contributed by atoms with van der Waals surface area (Å²) in [4.78, 5) is 11.2. The van der Waals surface area contributed by atoms with Crippen molar-refractivity contribution in [3.63, 3.8) is 0 Å². The largest absolute Gasteiger partial charge is 0.325 e. The number of aryl methyl sites for hydroxylation is 2. The predicted octanol–water partition coefficient (Wildman–Crippen LogP) is 3.12. The highest BCUT2D eigenvalue weighted by molar-refractivity contribution is 6.29. The molecule has 3 heteroatoms. The number of halogens is 1. The number of carbonyl (C=O) groups excluding carboxylic acids is 1. The lowest BCUT2D eigenvalue weighted by molar-refractivity contribution is -0.113. The highest BCUT2D eigenvalue weighted by atomic mass is 35.5. The van der Waals surface area contributed by atoms with Crippen molar-refractivity contribution in [1.29, 1.82) is 0 Å². The first-order chi connectivity index (χ1) is 7.17. The average molecular weight is 226 g/mol. The van der Waals surface area contributed by atoms with Crippen molar-refractivity contribution in [2.45, 2.75) is 26.7 Å². The van der Waals surface area contributed by atoms with E-state index in [0.717, 1.165) is 24.1 Å². The van der Waals surface area contributed by atoms with Gasteiger partial charge in [0.05, 0.1) is 0 Å². The number of hydrogen-bond donors (Lipinski definition) is 1. The molecule has 1 N–H and O–H groups in total. The van der Waals surface area contributed by atoms with E-state index in [0.29, 0.717) is 0 Å². The summed E-state index contributed by atoms with van der Waals surface area (Å²) in [5.41, 5.74) is 3.20. The number of hydrogen-bond acceptors (Lipinski definition) is 1. The number of carbonyl (C=O) groups is 1. The van der Waals surface area contributed by atoms with E-state index in [4.69, 9.17) is 11.6 Å². The second kappa shape index (κ2) is 5.76. The maximum Gasteiger partial charge on any atom is 0.239 e. The molecule has 0 aliphatic carbocycles. The summed E-state index contributed by atoms with van der Waals surface area (Å²) in [6, 6.07) is 6.10. The monoisotopic (exact) mass is 225 g/mol. The van der Waals surface area contributed by atoms with E-state index in [9.17, 15) is 4.79 Å². The summed E-state index contributed by atoms with van der Waals surface area (Å²) in [6.07, 6.45) is 2.03. The van der Waals surface area contributed by atoms with Crippen molar-refractivity contribution in [3.05, 3.63) is 29.3 Å². The molecular weight excluding hydrogens is 210 g/mol. The van der Waals surface area contributed by atoms with E-state index >= 15 is 0 Å². The van der Waals surface area contributed by atoms with Crippen LogP contribution in [0, 0.1) is 6.92 Å². The lowest BCUT2D eigenvalue weighted by Crippen LogP contribution is -2.14. The number of benzene rings is 1. The van der Waals surface area contributed by atoms with Gasteiger partial charge in [-0.2, -0.15) is 0 Å². The molecule has 0 saturated carbocycles. The van der Waals surface area contributed by atoms with Crippen molar-refractivity contribution in [2.75, 3.05) is 11.2 Å². The third-order valence-electron chi connectivity index (χ3n) is 2.18. The van der Waals surface area contributed by atoms with Gasteiger partial charge in [-0.3, -0.25) is 4.79 Å². The van der Waals surface area contributed by atoms with Crippen LogP contribution in [0.15, 0.2) is 18.2 Å². The van der Waals surface area contributed by atoms with Crippen molar-refractivity contribution >= 4 is 23.2 Å². The highest BCUT2D eigenvalue weighted by Gasteiger charge is 2.05. The van der Waals surface area contributed by atoms with E-state index < -0.39 is 0 Å². The molecule has 1 aromatic carbocycles. The quantitative estimate of drug-likeness (QED) is 0.784. The Balaban J connectivity index is 2.91. The van der Waals surface area contributed by atoms with Crippen LogP contribution in [0.4, 0.5) is 5.69 Å². The van der Waals surface area contributed by atoms with Gasteiger partial charge in [0, 0.05) is 5.69 Å². The summed E-state index contributed by atoms with van der Waals surface area (Å²) in [5, 5.41) is 2.81. The van der Waals surface area contributed by atoms with E-state index in [1.54, 1.807) is 0 Å². The first-order valence-electron chi connectivity index (χ1n) is 5.12. The Hall–Kier alpha value is -1.02. The van der Waals surface area contributed by atoms with Crippen LogP contribution in [0.25, 0.3) is 0 Å². The van der Waals surface area contributed by atoms with E-state index in [-0.39, 0.29) is 11.8 Å². The van der Waals surface area contributed by atoms with Gasteiger partial charge < -0.3 is 5.32 Å². The fraction of sp³-hybridized carbons (Fsp3) is 0.417. The van der Waals surface area contributed by atoms with Crippen LogP contribution in [0.1, 0.15) is 24.5 Å². The van der Waals surface area contributed by atoms with Gasteiger partial charge in [0.15, 0.2) is 0 Å². The molecule has 15 heavy (non-hydrogen) atoms. The van der Waals surface area contributed by atoms with Crippen LogP contribution in [-0.4, -0.2) is 11.8 Å². The number of alkyl halides is 1. The third-order valence-corrected chi connectivity index (χ3v) is 2.42. The Morgan fingerprint density at radius 2 is 2.20 bits per heavy atom. The van der Waals surface area contributed by atoms with E-state index in [1.165, 1.54) is 5.56 Å². The first-order valence-corrected chi connectivity index (χ1v) is 5.66. The lowest BCUT2D eigenvalue weighted by atomic mass is 10.1. The molecule has 0 saturated heterocycles. The molecule has 1 aromatic rings. The molecule has 0 atom stereocenters. The lowest BCUT2D eigenvalue weighted by Gasteiger charge is -2.10. The van der Waals surface area contributed by atoms with Crippen LogP contribution in [0.3, 0.4) is 0 Å². The Morgan fingerprint density at radius 3 is 2.80 bits per heavy atom. The number of amides is 1. The molecule has 0 aromatic heterocycles. The minimum absolute atomic E-state index is 0.000489. The molecule has 0 heterocycles. The van der Waals surface area contributed by atoms with Gasteiger partial charge in [0.25, 0.3) is 0 Å². The number of nitrogens with one attached hydrogen (secondary N) is 1. The number of rotatable bonds is 4. The van der Waals surface area contributed by atoms with Crippen LogP contribution >= 0.6 is 11.6 Å². The van der Waals surface area contributed by atoms with Crippen LogP contribution in [-0.2, 0) is 11.2 Å². The van der Waals surface area contributed by atoms with Gasteiger partial charge >= 0.3 is 0 Å². The minimum Gasteiger partial charge on any atom is -0.325 e. The van der Waals surface area contributed by atoms with Gasteiger partial charge in [-0.25, -0.2) is 0 Å². The zero-order valence-corrected chi connectivity index (χ0v) is 9.90. The highest BCUT2D eigenvalue weighted by Crippen LogP contribution is 2.19. The fourth-order valence-electron chi connectivity index (χ4n) is 1.48. The van der Waals surface area contributed by atoms with Crippen molar-refractivity contribution in [3.8, 4) is 0 Å². The van der Waals surface area contributed by atoms with Crippen molar-refractivity contribution in [2.24, 2.45) is 0 Å². The van der Waals surface area contributed by atoms with E-state index in [2.05, 4.69) is 24.4 Å². The molecule has 0 spiro atoms. The normalized spacial score (nSPS) is 10.1. The first kappa shape index (κ1) is 12.1. The number of anilines is 1. The maximum atomic E-state index is 11.2. The molecule has 0 aliphatic heterocycles. The van der Waals surface area contributed by atoms with Crippen molar-refractivity contribution in [1.82, 2.24) is 0 Å². The van der Waals surface area contributed by atoms with Gasteiger partial charge in [0.2, 0.25) is 5.91 Å². The third kappa shape index (κ3) is 3.56. The molecule has 0 aliphatic rings. The molecular formula is C12H16ClNO. The summed E-state index contributed by atoms with van der Waals surface area (Å²) >= 11 is 5.46. The molecule has 1 amide bonds.